The van der Waals surface area contributed by atoms with E-state index >= 15 is 0 Å². The molecule has 7 nitrogen and oxygen atoms in total. The Morgan fingerprint density at radius 1 is 1.15 bits per heavy atom. The van der Waals surface area contributed by atoms with Gasteiger partial charge in [0.1, 0.15) is 11.5 Å². The fourth-order valence-electron chi connectivity index (χ4n) is 1.54. The zero-order valence-corrected chi connectivity index (χ0v) is 10.6. The van der Waals surface area contributed by atoms with Crippen LogP contribution in [0.15, 0.2) is 40.9 Å². The van der Waals surface area contributed by atoms with Gasteiger partial charge in [-0.3, -0.25) is 20.2 Å². The maximum Gasteiger partial charge on any atom is 0.270 e. The summed E-state index contributed by atoms with van der Waals surface area (Å²) in [5.41, 5.74) is 0.344. The van der Waals surface area contributed by atoms with Gasteiger partial charge in [-0.1, -0.05) is 11.6 Å². The van der Waals surface area contributed by atoms with Gasteiger partial charge >= 0.3 is 0 Å². The third-order valence-electron chi connectivity index (χ3n) is 2.42. The summed E-state index contributed by atoms with van der Waals surface area (Å²) >= 11 is 5.95. The molecule has 0 unspecified atom stereocenters. The van der Waals surface area contributed by atoms with E-state index in [-0.39, 0.29) is 16.5 Å². The number of non-ortho nitro benzene ring substituents is 1. The van der Waals surface area contributed by atoms with Crippen molar-refractivity contribution < 1.29 is 14.3 Å². The van der Waals surface area contributed by atoms with Crippen LogP contribution in [0.1, 0.15) is 5.76 Å². The van der Waals surface area contributed by atoms with Crippen molar-refractivity contribution in [2.24, 2.45) is 0 Å². The molecule has 0 aliphatic carbocycles. The molecule has 0 radical (unpaired) electrons. The molecule has 0 saturated heterocycles. The van der Waals surface area contributed by atoms with Gasteiger partial charge in [0.25, 0.3) is 5.69 Å². The summed E-state index contributed by atoms with van der Waals surface area (Å²) < 4.78 is 5.36. The first kappa shape index (κ1) is 13.8. The Hall–Kier alpha value is -2.67. The Morgan fingerprint density at radius 2 is 1.90 bits per heavy atom. The van der Waals surface area contributed by atoms with Crippen LogP contribution in [-0.2, 0) is 0 Å². The normalized spacial score (nSPS) is 10.8. The number of nitro groups is 2. The first-order valence-corrected chi connectivity index (χ1v) is 5.71. The number of hydrogen-bond donors (Lipinski definition) is 0. The second-order valence-electron chi connectivity index (χ2n) is 3.72. The van der Waals surface area contributed by atoms with Gasteiger partial charge in [-0.2, -0.15) is 0 Å². The molecule has 0 atom stereocenters. The highest BCUT2D eigenvalue weighted by atomic mass is 35.5. The van der Waals surface area contributed by atoms with Crippen LogP contribution in [0, 0.1) is 20.2 Å². The molecule has 0 spiro atoms. The molecule has 0 aliphatic rings. The van der Waals surface area contributed by atoms with E-state index < -0.39 is 9.85 Å². The summed E-state index contributed by atoms with van der Waals surface area (Å²) in [5.74, 6) is 0.652. The third kappa shape index (κ3) is 3.01. The summed E-state index contributed by atoms with van der Waals surface area (Å²) in [6.07, 6.45) is 1.95. The van der Waals surface area contributed by atoms with Crippen molar-refractivity contribution in [2.45, 2.75) is 0 Å². The van der Waals surface area contributed by atoms with Gasteiger partial charge in [-0.15, -0.1) is 0 Å². The minimum absolute atomic E-state index is 0.126. The molecule has 2 aromatic rings. The van der Waals surface area contributed by atoms with E-state index in [9.17, 15) is 20.2 Å². The van der Waals surface area contributed by atoms with Crippen LogP contribution in [0.2, 0.25) is 5.02 Å². The lowest BCUT2D eigenvalue weighted by Crippen LogP contribution is -1.88. The molecule has 1 aromatic carbocycles. The molecule has 102 valence electrons. The van der Waals surface area contributed by atoms with Gasteiger partial charge in [-0.05, 0) is 18.2 Å². The van der Waals surface area contributed by atoms with Crippen molar-refractivity contribution in [3.05, 3.63) is 67.5 Å². The number of rotatable bonds is 4. The van der Waals surface area contributed by atoms with Crippen molar-refractivity contribution in [2.75, 3.05) is 0 Å². The smallest absolute Gasteiger partial charge is 0.270 e. The summed E-state index contributed by atoms with van der Waals surface area (Å²) in [6.45, 7) is 0. The summed E-state index contributed by atoms with van der Waals surface area (Å²) in [4.78, 5) is 19.6. The van der Waals surface area contributed by atoms with Crippen LogP contribution in [0.25, 0.3) is 17.4 Å². The molecule has 0 N–H and O–H groups in total. The molecule has 20 heavy (non-hydrogen) atoms. The first-order chi connectivity index (χ1) is 9.47. The highest BCUT2D eigenvalue weighted by molar-refractivity contribution is 6.33. The molecular formula is C12H7ClN2O5. The summed E-state index contributed by atoms with van der Waals surface area (Å²) in [6, 6.07) is 7.09. The Balaban J connectivity index is 2.33. The maximum atomic E-state index is 10.6. The van der Waals surface area contributed by atoms with Gasteiger partial charge in [0.2, 0.25) is 6.20 Å². The summed E-state index contributed by atoms with van der Waals surface area (Å²) in [7, 11) is 0. The lowest BCUT2D eigenvalue weighted by molar-refractivity contribution is -0.401. The minimum Gasteiger partial charge on any atom is -0.456 e. The predicted octanol–water partition coefficient (Wildman–Crippen LogP) is 3.76. The third-order valence-corrected chi connectivity index (χ3v) is 2.73. The van der Waals surface area contributed by atoms with Crippen LogP contribution in [0.3, 0.4) is 0 Å². The molecular weight excluding hydrogens is 288 g/mol. The molecule has 0 saturated carbocycles. The zero-order valence-electron chi connectivity index (χ0n) is 9.86. The second-order valence-corrected chi connectivity index (χ2v) is 4.13. The van der Waals surface area contributed by atoms with Crippen molar-refractivity contribution in [3.63, 3.8) is 0 Å². The Kier molecular flexibility index (Phi) is 3.81. The number of furan rings is 1. The van der Waals surface area contributed by atoms with Crippen molar-refractivity contribution in [1.29, 1.82) is 0 Å². The van der Waals surface area contributed by atoms with Crippen molar-refractivity contribution in [3.8, 4) is 11.3 Å². The summed E-state index contributed by atoms with van der Waals surface area (Å²) in [5, 5.41) is 21.0. The van der Waals surface area contributed by atoms with E-state index in [4.69, 9.17) is 16.0 Å². The fraction of sp³-hybridized carbons (Fsp3) is 0. The Bertz CT molecular complexity index is 708. The monoisotopic (exact) mass is 294 g/mol. The van der Waals surface area contributed by atoms with Gasteiger partial charge in [0.05, 0.1) is 20.9 Å². The lowest BCUT2D eigenvalue weighted by Gasteiger charge is -2.00. The van der Waals surface area contributed by atoms with Crippen LogP contribution >= 0.6 is 11.6 Å². The molecule has 0 bridgehead atoms. The molecule has 1 heterocycles. The maximum absolute atomic E-state index is 10.6. The number of nitrogens with zero attached hydrogens (tertiary/aromatic N) is 2. The predicted molar refractivity (Wildman–Crippen MR) is 71.8 cm³/mol. The molecule has 2 rings (SSSR count). The van der Waals surface area contributed by atoms with E-state index in [2.05, 4.69) is 0 Å². The topological polar surface area (TPSA) is 99.4 Å². The highest BCUT2D eigenvalue weighted by Crippen LogP contribution is 2.32. The van der Waals surface area contributed by atoms with Crippen LogP contribution in [-0.4, -0.2) is 9.85 Å². The zero-order chi connectivity index (χ0) is 14.7. The first-order valence-electron chi connectivity index (χ1n) is 5.33. The average molecular weight is 295 g/mol. The van der Waals surface area contributed by atoms with Crippen molar-refractivity contribution in [1.82, 2.24) is 0 Å². The number of nitro benzene ring substituents is 1. The largest absolute Gasteiger partial charge is 0.456 e. The quantitative estimate of drug-likeness (QED) is 0.631. The Labute approximate surface area is 117 Å². The van der Waals surface area contributed by atoms with E-state index in [0.717, 1.165) is 6.20 Å². The lowest BCUT2D eigenvalue weighted by atomic mass is 10.1. The van der Waals surface area contributed by atoms with Crippen LogP contribution < -0.4 is 0 Å². The average Bonchev–Trinajstić information content (AvgIpc) is 2.84. The van der Waals surface area contributed by atoms with Gasteiger partial charge in [0.15, 0.2) is 0 Å². The SMILES string of the molecule is O=[N+]([O-])/C=C/c1ccc(-c2ccc([N+](=O)[O-])cc2Cl)o1. The standard InChI is InChI=1S/C12H7ClN2O5/c13-11-7-8(15(18)19)1-3-10(11)12-4-2-9(20-12)5-6-14(16)17/h1-7H/b6-5+. The molecule has 0 amide bonds. The van der Waals surface area contributed by atoms with E-state index in [1.165, 1.54) is 30.3 Å². The number of hydrogen-bond acceptors (Lipinski definition) is 5. The van der Waals surface area contributed by atoms with Gasteiger partial charge in [0, 0.05) is 17.7 Å². The minimum atomic E-state index is -0.610. The van der Waals surface area contributed by atoms with E-state index in [1.807, 2.05) is 0 Å². The molecule has 1 aromatic heterocycles. The van der Waals surface area contributed by atoms with Crippen molar-refractivity contribution >= 4 is 23.4 Å². The second kappa shape index (κ2) is 5.54. The van der Waals surface area contributed by atoms with Crippen LogP contribution in [0.5, 0.6) is 0 Å². The fourth-order valence-corrected chi connectivity index (χ4v) is 1.81. The molecule has 0 aliphatic heterocycles. The van der Waals surface area contributed by atoms with E-state index in [1.54, 1.807) is 6.07 Å². The molecule has 0 fully saturated rings. The van der Waals surface area contributed by atoms with Crippen LogP contribution in [0.4, 0.5) is 5.69 Å². The highest BCUT2D eigenvalue weighted by Gasteiger charge is 2.13. The van der Waals surface area contributed by atoms with E-state index in [0.29, 0.717) is 11.3 Å². The number of halogens is 1. The van der Waals surface area contributed by atoms with Gasteiger partial charge in [-0.25, -0.2) is 0 Å². The van der Waals surface area contributed by atoms with Gasteiger partial charge < -0.3 is 4.42 Å². The Morgan fingerprint density at radius 3 is 2.50 bits per heavy atom. The number of benzene rings is 1. The molecule has 8 heteroatoms.